The molecule has 2 heterocycles. The highest BCUT2D eigenvalue weighted by atomic mass is 32.1. The van der Waals surface area contributed by atoms with E-state index in [9.17, 15) is 4.79 Å². The Hall–Kier alpha value is -2.34. The molecule has 0 bridgehead atoms. The van der Waals surface area contributed by atoms with E-state index in [2.05, 4.69) is 22.4 Å². The number of nitrogens with two attached hydrogens (primary N) is 1. The fourth-order valence-electron chi connectivity index (χ4n) is 2.24. The van der Waals surface area contributed by atoms with Crippen LogP contribution in [0.1, 0.15) is 29.5 Å². The van der Waals surface area contributed by atoms with Gasteiger partial charge in [-0.1, -0.05) is 13.3 Å². The van der Waals surface area contributed by atoms with E-state index >= 15 is 0 Å². The van der Waals surface area contributed by atoms with E-state index in [-0.39, 0.29) is 11.6 Å². The number of anilines is 2. The van der Waals surface area contributed by atoms with Crippen molar-refractivity contribution in [2.45, 2.75) is 19.8 Å². The highest BCUT2D eigenvalue weighted by molar-refractivity contribution is 7.17. The Morgan fingerprint density at radius 1 is 1.43 bits per heavy atom. The van der Waals surface area contributed by atoms with Gasteiger partial charge in [0.15, 0.2) is 5.69 Å². The molecule has 0 aliphatic heterocycles. The number of H-pyrrole nitrogens is 1. The number of aryl methyl sites for hydroxylation is 1. The van der Waals surface area contributed by atoms with Crippen LogP contribution in [0, 0.1) is 0 Å². The molecular weight excluding hydrogens is 284 g/mol. The van der Waals surface area contributed by atoms with E-state index in [1.54, 1.807) is 11.3 Å². The Labute approximate surface area is 126 Å². The molecule has 0 aliphatic carbocycles. The first-order valence-electron chi connectivity index (χ1n) is 6.80. The van der Waals surface area contributed by atoms with Crippen molar-refractivity contribution in [1.29, 1.82) is 0 Å². The van der Waals surface area contributed by atoms with Gasteiger partial charge in [-0.3, -0.25) is 9.89 Å². The van der Waals surface area contributed by atoms with E-state index in [1.807, 2.05) is 29.6 Å². The normalized spacial score (nSPS) is 10.9. The second kappa shape index (κ2) is 5.57. The third-order valence-electron chi connectivity index (χ3n) is 3.31. The summed E-state index contributed by atoms with van der Waals surface area (Å²) in [6.45, 7) is 2.05. The van der Waals surface area contributed by atoms with E-state index in [4.69, 9.17) is 5.73 Å². The number of aromatic amines is 1. The molecule has 0 aliphatic rings. The number of hydrogen-bond donors (Lipinski definition) is 3. The van der Waals surface area contributed by atoms with Gasteiger partial charge in [0, 0.05) is 10.4 Å². The molecule has 6 heteroatoms. The highest BCUT2D eigenvalue weighted by Gasteiger charge is 2.17. The van der Waals surface area contributed by atoms with Crippen LogP contribution in [-0.4, -0.2) is 16.1 Å². The summed E-state index contributed by atoms with van der Waals surface area (Å²) in [6, 6.07) is 7.84. The number of thiophene rings is 1. The lowest BCUT2D eigenvalue weighted by Gasteiger charge is -2.04. The number of amides is 1. The summed E-state index contributed by atoms with van der Waals surface area (Å²) in [5, 5.41) is 12.8. The second-order valence-corrected chi connectivity index (χ2v) is 5.79. The molecular formula is C15H16N4OS. The van der Waals surface area contributed by atoms with Crippen molar-refractivity contribution < 1.29 is 4.79 Å². The van der Waals surface area contributed by atoms with Gasteiger partial charge in [0.1, 0.15) is 0 Å². The Morgan fingerprint density at radius 2 is 2.29 bits per heavy atom. The summed E-state index contributed by atoms with van der Waals surface area (Å²) in [6.07, 6.45) is 1.73. The first kappa shape index (κ1) is 13.6. The minimum Gasteiger partial charge on any atom is -0.395 e. The molecule has 1 amide bonds. The molecule has 0 atom stereocenters. The maximum Gasteiger partial charge on any atom is 0.278 e. The SMILES string of the molecule is CCCc1[nH]nc(C(=O)Nc2ccc3sccc3c2)c1N. The quantitative estimate of drug-likeness (QED) is 0.690. The fraction of sp³-hybridized carbons (Fsp3) is 0.200. The predicted octanol–water partition coefficient (Wildman–Crippen LogP) is 3.41. The van der Waals surface area contributed by atoms with Crippen molar-refractivity contribution in [3.63, 3.8) is 0 Å². The van der Waals surface area contributed by atoms with Gasteiger partial charge >= 0.3 is 0 Å². The molecule has 3 aromatic rings. The molecule has 2 aromatic heterocycles. The topological polar surface area (TPSA) is 83.8 Å². The van der Waals surface area contributed by atoms with Crippen LogP contribution in [0.15, 0.2) is 29.6 Å². The molecule has 1 aromatic carbocycles. The van der Waals surface area contributed by atoms with Gasteiger partial charge in [-0.2, -0.15) is 5.10 Å². The largest absolute Gasteiger partial charge is 0.395 e. The number of nitrogen functional groups attached to an aromatic ring is 1. The molecule has 0 radical (unpaired) electrons. The van der Waals surface area contributed by atoms with Gasteiger partial charge in [-0.05, 0) is 41.5 Å². The number of nitrogens with one attached hydrogen (secondary N) is 2. The van der Waals surface area contributed by atoms with Crippen molar-refractivity contribution in [3.8, 4) is 0 Å². The molecule has 5 nitrogen and oxygen atoms in total. The van der Waals surface area contributed by atoms with E-state index in [0.29, 0.717) is 5.69 Å². The summed E-state index contributed by atoms with van der Waals surface area (Å²) in [5.74, 6) is -0.291. The molecule has 0 saturated heterocycles. The number of benzene rings is 1. The summed E-state index contributed by atoms with van der Waals surface area (Å²) in [7, 11) is 0. The second-order valence-electron chi connectivity index (χ2n) is 4.84. The van der Waals surface area contributed by atoms with Gasteiger partial charge in [0.25, 0.3) is 5.91 Å². The zero-order valence-corrected chi connectivity index (χ0v) is 12.5. The van der Waals surface area contributed by atoms with Gasteiger partial charge in [0.2, 0.25) is 0 Å². The zero-order chi connectivity index (χ0) is 14.8. The van der Waals surface area contributed by atoms with E-state index in [0.717, 1.165) is 29.6 Å². The van der Waals surface area contributed by atoms with Gasteiger partial charge in [-0.25, -0.2) is 0 Å². The van der Waals surface area contributed by atoms with Crippen LogP contribution in [0.5, 0.6) is 0 Å². The van der Waals surface area contributed by atoms with Gasteiger partial charge < -0.3 is 11.1 Å². The molecule has 0 unspecified atom stereocenters. The third-order valence-corrected chi connectivity index (χ3v) is 4.21. The minimum atomic E-state index is -0.291. The lowest BCUT2D eigenvalue weighted by atomic mass is 10.2. The van der Waals surface area contributed by atoms with Crippen molar-refractivity contribution in [2.75, 3.05) is 11.1 Å². The molecule has 0 saturated carbocycles. The van der Waals surface area contributed by atoms with Gasteiger partial charge in [0.05, 0.1) is 11.4 Å². The Balaban J connectivity index is 1.82. The Bertz CT molecular complexity index is 790. The summed E-state index contributed by atoms with van der Waals surface area (Å²) >= 11 is 1.67. The maximum atomic E-state index is 12.3. The standard InChI is InChI=1S/C15H16N4OS/c1-2-3-11-13(16)14(19-18-11)15(20)17-10-4-5-12-9(8-10)6-7-21-12/h4-8H,2-3,16H2,1H3,(H,17,20)(H,18,19). The van der Waals surface area contributed by atoms with Crippen LogP contribution in [0.25, 0.3) is 10.1 Å². The first-order chi connectivity index (χ1) is 10.2. The molecule has 21 heavy (non-hydrogen) atoms. The van der Waals surface area contributed by atoms with Crippen molar-refractivity contribution in [1.82, 2.24) is 10.2 Å². The Morgan fingerprint density at radius 3 is 3.10 bits per heavy atom. The van der Waals surface area contributed by atoms with Crippen LogP contribution in [-0.2, 0) is 6.42 Å². The molecule has 108 valence electrons. The smallest absolute Gasteiger partial charge is 0.278 e. The number of aromatic nitrogens is 2. The van der Waals surface area contributed by atoms with Crippen LogP contribution >= 0.6 is 11.3 Å². The number of hydrogen-bond acceptors (Lipinski definition) is 4. The first-order valence-corrected chi connectivity index (χ1v) is 7.68. The van der Waals surface area contributed by atoms with Crippen LogP contribution in [0.2, 0.25) is 0 Å². The fourth-order valence-corrected chi connectivity index (χ4v) is 3.01. The Kier molecular flexibility index (Phi) is 3.62. The molecule has 4 N–H and O–H groups in total. The number of fused-ring (bicyclic) bond motifs is 1. The maximum absolute atomic E-state index is 12.3. The molecule has 0 spiro atoms. The van der Waals surface area contributed by atoms with Crippen molar-refractivity contribution in [3.05, 3.63) is 41.0 Å². The average molecular weight is 300 g/mol. The van der Waals surface area contributed by atoms with Crippen molar-refractivity contribution in [2.24, 2.45) is 0 Å². The number of carbonyl (C=O) groups is 1. The summed E-state index contributed by atoms with van der Waals surface area (Å²) in [5.41, 5.74) is 8.21. The minimum absolute atomic E-state index is 0.254. The van der Waals surface area contributed by atoms with E-state index < -0.39 is 0 Å². The van der Waals surface area contributed by atoms with Crippen LogP contribution < -0.4 is 11.1 Å². The monoisotopic (exact) mass is 300 g/mol. The lowest BCUT2D eigenvalue weighted by molar-refractivity contribution is 0.102. The third kappa shape index (κ3) is 2.62. The predicted molar refractivity (Wildman–Crippen MR) is 86.8 cm³/mol. The van der Waals surface area contributed by atoms with Crippen LogP contribution in [0.4, 0.5) is 11.4 Å². The molecule has 0 fully saturated rings. The van der Waals surface area contributed by atoms with Crippen molar-refractivity contribution >= 4 is 38.7 Å². The van der Waals surface area contributed by atoms with E-state index in [1.165, 1.54) is 4.70 Å². The number of nitrogens with zero attached hydrogens (tertiary/aromatic N) is 1. The zero-order valence-electron chi connectivity index (χ0n) is 11.6. The van der Waals surface area contributed by atoms with Gasteiger partial charge in [-0.15, -0.1) is 11.3 Å². The highest BCUT2D eigenvalue weighted by Crippen LogP contribution is 2.24. The number of carbonyl (C=O) groups excluding carboxylic acids is 1. The van der Waals surface area contributed by atoms with Crippen LogP contribution in [0.3, 0.4) is 0 Å². The molecule has 3 rings (SSSR count). The average Bonchev–Trinajstić information content (AvgIpc) is 3.06. The number of rotatable bonds is 4. The lowest BCUT2D eigenvalue weighted by Crippen LogP contribution is -2.14. The summed E-state index contributed by atoms with van der Waals surface area (Å²) < 4.78 is 1.19. The summed E-state index contributed by atoms with van der Waals surface area (Å²) in [4.78, 5) is 12.3.